The van der Waals surface area contributed by atoms with Crippen molar-refractivity contribution in [2.45, 2.75) is 25.6 Å². The molecule has 0 aliphatic carbocycles. The molecule has 6 heteroatoms. The molecule has 0 heterocycles. The summed E-state index contributed by atoms with van der Waals surface area (Å²) in [7, 11) is 3.19. The highest BCUT2D eigenvalue weighted by Crippen LogP contribution is 2.22. The summed E-state index contributed by atoms with van der Waals surface area (Å²) in [6, 6.07) is 0. The number of halogens is 2. The predicted octanol–water partition coefficient (Wildman–Crippen LogP) is 3.81. The number of methoxy groups -OCH3 is 2. The molecule has 0 aliphatic rings. The Morgan fingerprint density at radius 3 is 2.21 bits per heavy atom. The van der Waals surface area contributed by atoms with Crippen LogP contribution in [0.2, 0.25) is 0 Å². The zero-order chi connectivity index (χ0) is 14.7. The van der Waals surface area contributed by atoms with Crippen LogP contribution in [0.1, 0.15) is 13.3 Å². The van der Waals surface area contributed by atoms with E-state index in [1.54, 1.807) is 20.3 Å². The molecule has 0 aromatic carbocycles. The van der Waals surface area contributed by atoms with Crippen LogP contribution >= 0.6 is 31.9 Å². The van der Waals surface area contributed by atoms with Crippen molar-refractivity contribution in [1.29, 1.82) is 0 Å². The molecule has 0 spiro atoms. The van der Waals surface area contributed by atoms with E-state index in [4.69, 9.17) is 18.9 Å². The van der Waals surface area contributed by atoms with Gasteiger partial charge in [-0.25, -0.2) is 0 Å². The van der Waals surface area contributed by atoms with Crippen LogP contribution in [-0.2, 0) is 18.9 Å². The number of ether oxygens (including phenoxy) is 4. The lowest BCUT2D eigenvalue weighted by atomic mass is 9.95. The van der Waals surface area contributed by atoms with E-state index < -0.39 is 0 Å². The molecule has 4 nitrogen and oxygen atoms in total. The summed E-state index contributed by atoms with van der Waals surface area (Å²) < 4.78 is 22.0. The third-order valence-electron chi connectivity index (χ3n) is 2.62. The summed E-state index contributed by atoms with van der Waals surface area (Å²) in [5, 5.41) is 0. The van der Waals surface area contributed by atoms with Gasteiger partial charge in [0.15, 0.2) is 0 Å². The second kappa shape index (κ2) is 12.1. The van der Waals surface area contributed by atoms with E-state index in [1.165, 1.54) is 0 Å². The van der Waals surface area contributed by atoms with Gasteiger partial charge in [-0.05, 0) is 38.3 Å². The van der Waals surface area contributed by atoms with E-state index in [0.29, 0.717) is 0 Å². The van der Waals surface area contributed by atoms with Crippen LogP contribution in [0.4, 0.5) is 0 Å². The molecule has 0 saturated carbocycles. The highest BCUT2D eigenvalue weighted by atomic mass is 79.9. The summed E-state index contributed by atoms with van der Waals surface area (Å²) in [5.41, 5.74) is 0. The van der Waals surface area contributed by atoms with Gasteiger partial charge in [-0.1, -0.05) is 19.1 Å². The lowest BCUT2D eigenvalue weighted by Gasteiger charge is -2.28. The highest BCUT2D eigenvalue weighted by molar-refractivity contribution is 9.28. The smallest absolute Gasteiger partial charge is 0.147 e. The minimum Gasteiger partial charge on any atom is -0.359 e. The molecular formula is C13H22Br2O4. The van der Waals surface area contributed by atoms with Crippen molar-refractivity contribution in [1.82, 2.24) is 0 Å². The van der Waals surface area contributed by atoms with Gasteiger partial charge in [-0.2, -0.15) is 0 Å². The van der Waals surface area contributed by atoms with Crippen LogP contribution in [0.25, 0.3) is 0 Å². The van der Waals surface area contributed by atoms with Crippen molar-refractivity contribution < 1.29 is 18.9 Å². The van der Waals surface area contributed by atoms with Crippen LogP contribution < -0.4 is 0 Å². The van der Waals surface area contributed by atoms with Crippen molar-refractivity contribution >= 4 is 31.9 Å². The van der Waals surface area contributed by atoms with Crippen LogP contribution in [0, 0.1) is 5.92 Å². The fourth-order valence-corrected chi connectivity index (χ4v) is 1.96. The van der Waals surface area contributed by atoms with Crippen molar-refractivity contribution in [3.63, 3.8) is 0 Å². The monoisotopic (exact) mass is 400 g/mol. The maximum absolute atomic E-state index is 5.69. The van der Waals surface area contributed by atoms with Gasteiger partial charge in [-0.3, -0.25) is 0 Å². The molecule has 0 saturated heterocycles. The Morgan fingerprint density at radius 2 is 1.74 bits per heavy atom. The molecular weight excluding hydrogens is 380 g/mol. The van der Waals surface area contributed by atoms with E-state index >= 15 is 0 Å². The lowest BCUT2D eigenvalue weighted by Crippen LogP contribution is -2.33. The van der Waals surface area contributed by atoms with E-state index in [0.717, 1.165) is 9.81 Å². The Hall–Kier alpha value is 0.280. The number of hydrogen-bond donors (Lipinski definition) is 0. The maximum Gasteiger partial charge on any atom is 0.147 e. The molecule has 0 rings (SSSR count). The standard InChI is InChI=1S/C13H22Br2O4/c1-5-11(18-8-16-3)10(2)12(19-9-17-4)6-7-13(14)15/h5,7,10-12H,1,6,8-9H2,2-4H3/t10-,11+,12+/m0/s1. The van der Waals surface area contributed by atoms with Crippen molar-refractivity contribution in [2.75, 3.05) is 27.8 Å². The van der Waals surface area contributed by atoms with Gasteiger partial charge >= 0.3 is 0 Å². The molecule has 0 N–H and O–H groups in total. The first-order valence-corrected chi connectivity index (χ1v) is 7.50. The molecule has 19 heavy (non-hydrogen) atoms. The van der Waals surface area contributed by atoms with E-state index in [9.17, 15) is 0 Å². The first kappa shape index (κ1) is 19.3. The SMILES string of the molecule is C=C[C@@H](OCOC)[C@H](C)[C@@H](CC=C(Br)Br)OCOC. The minimum absolute atomic E-state index is 0.0371. The van der Waals surface area contributed by atoms with E-state index in [1.807, 2.05) is 6.08 Å². The molecule has 0 aromatic heterocycles. The Labute approximate surface area is 132 Å². The Bertz CT molecular complexity index is 267. The molecule has 0 unspecified atom stereocenters. The fraction of sp³-hybridized carbons (Fsp3) is 0.692. The molecule has 0 bridgehead atoms. The van der Waals surface area contributed by atoms with Gasteiger partial charge in [-0.15, -0.1) is 6.58 Å². The average molecular weight is 402 g/mol. The van der Waals surface area contributed by atoms with Crippen molar-refractivity contribution in [3.05, 3.63) is 22.1 Å². The third kappa shape index (κ3) is 8.94. The molecule has 0 aliphatic heterocycles. The highest BCUT2D eigenvalue weighted by Gasteiger charge is 2.24. The second-order valence-corrected chi connectivity index (χ2v) is 6.75. The molecule has 112 valence electrons. The maximum atomic E-state index is 5.69. The second-order valence-electron chi connectivity index (χ2n) is 3.97. The quantitative estimate of drug-likeness (QED) is 0.389. The predicted molar refractivity (Wildman–Crippen MR) is 83.4 cm³/mol. The average Bonchev–Trinajstić information content (AvgIpc) is 2.39. The topological polar surface area (TPSA) is 36.9 Å². The summed E-state index contributed by atoms with van der Waals surface area (Å²) in [6.07, 6.45) is 4.32. The van der Waals surface area contributed by atoms with Crippen LogP contribution in [0.5, 0.6) is 0 Å². The summed E-state index contributed by atoms with van der Waals surface area (Å²) in [6.45, 7) is 6.32. The van der Waals surface area contributed by atoms with E-state index in [-0.39, 0.29) is 31.7 Å². The molecule has 0 fully saturated rings. The first-order chi connectivity index (χ1) is 9.06. The summed E-state index contributed by atoms with van der Waals surface area (Å²) >= 11 is 6.67. The molecule has 3 atom stereocenters. The van der Waals surface area contributed by atoms with Crippen LogP contribution in [-0.4, -0.2) is 40.0 Å². The van der Waals surface area contributed by atoms with Crippen LogP contribution in [0.3, 0.4) is 0 Å². The summed E-state index contributed by atoms with van der Waals surface area (Å²) in [4.78, 5) is 0. The number of rotatable bonds is 11. The fourth-order valence-electron chi connectivity index (χ4n) is 1.59. The Balaban J connectivity index is 4.59. The normalized spacial score (nSPS) is 15.6. The zero-order valence-electron chi connectivity index (χ0n) is 11.6. The third-order valence-corrected chi connectivity index (χ3v) is 3.27. The molecule has 0 aromatic rings. The van der Waals surface area contributed by atoms with Crippen molar-refractivity contribution in [2.24, 2.45) is 5.92 Å². The lowest BCUT2D eigenvalue weighted by molar-refractivity contribution is -0.126. The Kier molecular flexibility index (Phi) is 12.2. The first-order valence-electron chi connectivity index (χ1n) is 5.91. The molecule has 0 radical (unpaired) electrons. The molecule has 0 amide bonds. The van der Waals surface area contributed by atoms with Gasteiger partial charge in [0.1, 0.15) is 13.6 Å². The van der Waals surface area contributed by atoms with Gasteiger partial charge in [0.05, 0.1) is 15.6 Å². The minimum atomic E-state index is -0.135. The van der Waals surface area contributed by atoms with Gasteiger partial charge in [0, 0.05) is 20.1 Å². The van der Waals surface area contributed by atoms with Gasteiger partial charge in [0.25, 0.3) is 0 Å². The van der Waals surface area contributed by atoms with E-state index in [2.05, 4.69) is 45.4 Å². The van der Waals surface area contributed by atoms with Crippen LogP contribution in [0.15, 0.2) is 22.1 Å². The largest absolute Gasteiger partial charge is 0.359 e. The van der Waals surface area contributed by atoms with Gasteiger partial charge in [0.2, 0.25) is 0 Å². The number of hydrogen-bond acceptors (Lipinski definition) is 4. The van der Waals surface area contributed by atoms with Crippen molar-refractivity contribution in [3.8, 4) is 0 Å². The summed E-state index contributed by atoms with van der Waals surface area (Å²) in [5.74, 6) is 0.124. The zero-order valence-corrected chi connectivity index (χ0v) is 14.8. The van der Waals surface area contributed by atoms with Gasteiger partial charge < -0.3 is 18.9 Å². The Morgan fingerprint density at radius 1 is 1.16 bits per heavy atom.